The quantitative estimate of drug-likeness (QED) is 0.474. The molecule has 0 fully saturated rings. The van der Waals surface area contributed by atoms with Gasteiger partial charge in [-0.3, -0.25) is 20.4 Å². The Morgan fingerprint density at radius 1 is 1.03 bits per heavy atom. The highest BCUT2D eigenvalue weighted by molar-refractivity contribution is 8.00. The molecule has 0 bridgehead atoms. The van der Waals surface area contributed by atoms with Gasteiger partial charge in [-0.05, 0) is 37.3 Å². The molecule has 156 valence electrons. The highest BCUT2D eigenvalue weighted by atomic mass is 35.5. The van der Waals surface area contributed by atoms with Crippen molar-refractivity contribution in [2.75, 3.05) is 19.3 Å². The molecule has 0 heterocycles. The maximum absolute atomic E-state index is 12.5. The summed E-state index contributed by atoms with van der Waals surface area (Å²) in [6.45, 7) is 1.39. The fourth-order valence-electron chi connectivity index (χ4n) is 2.12. The van der Waals surface area contributed by atoms with Gasteiger partial charge in [-0.2, -0.15) is 4.31 Å². The number of hydrogen-bond acceptors (Lipinski definition) is 5. The van der Waals surface area contributed by atoms with Gasteiger partial charge in [0, 0.05) is 17.0 Å². The summed E-state index contributed by atoms with van der Waals surface area (Å²) in [5, 5.41) is 0.947. The van der Waals surface area contributed by atoms with E-state index in [4.69, 9.17) is 23.2 Å². The molecule has 2 rings (SSSR count). The summed E-state index contributed by atoms with van der Waals surface area (Å²) in [5.74, 6) is -1.18. The fraction of sp³-hybridized carbons (Fsp3) is 0.222. The molecule has 0 saturated carbocycles. The molecule has 0 aliphatic rings. The minimum absolute atomic E-state index is 0.0160. The number of hydrazine groups is 1. The van der Waals surface area contributed by atoms with Crippen LogP contribution in [-0.2, 0) is 19.6 Å². The number of amides is 2. The van der Waals surface area contributed by atoms with Crippen LogP contribution in [0.3, 0.4) is 0 Å². The van der Waals surface area contributed by atoms with Crippen molar-refractivity contribution in [3.63, 3.8) is 0 Å². The number of carbonyl (C=O) groups is 2. The smallest absolute Gasteiger partial charge is 0.253 e. The molecule has 2 N–H and O–H groups in total. The van der Waals surface area contributed by atoms with E-state index >= 15 is 0 Å². The van der Waals surface area contributed by atoms with E-state index in [1.165, 1.54) is 19.2 Å². The molecular weight excluding hydrogens is 457 g/mol. The van der Waals surface area contributed by atoms with E-state index in [1.807, 2.05) is 6.92 Å². The Balaban J connectivity index is 1.83. The Kier molecular flexibility index (Phi) is 8.35. The van der Waals surface area contributed by atoms with Crippen molar-refractivity contribution in [1.29, 1.82) is 0 Å². The Labute approximate surface area is 183 Å². The lowest BCUT2D eigenvalue weighted by molar-refractivity contribution is -0.127. The van der Waals surface area contributed by atoms with Gasteiger partial charge < -0.3 is 0 Å². The maximum atomic E-state index is 12.5. The number of rotatable bonds is 7. The summed E-state index contributed by atoms with van der Waals surface area (Å²) >= 11 is 13.1. The van der Waals surface area contributed by atoms with Crippen LogP contribution in [0.1, 0.15) is 5.56 Å². The second-order valence-electron chi connectivity index (χ2n) is 6.03. The largest absolute Gasteiger partial charge is 0.272 e. The van der Waals surface area contributed by atoms with E-state index in [-0.39, 0.29) is 10.6 Å². The van der Waals surface area contributed by atoms with Crippen LogP contribution in [0, 0.1) is 6.92 Å². The lowest BCUT2D eigenvalue weighted by Gasteiger charge is -2.17. The van der Waals surface area contributed by atoms with E-state index < -0.39 is 28.4 Å². The predicted octanol–water partition coefficient (Wildman–Crippen LogP) is 2.86. The number of likely N-dealkylation sites (N-methyl/N-ethyl adjacent to an activating group) is 1. The van der Waals surface area contributed by atoms with Crippen LogP contribution in [0.4, 0.5) is 0 Å². The summed E-state index contributed by atoms with van der Waals surface area (Å²) in [4.78, 5) is 24.6. The number of carbonyl (C=O) groups excluding carboxylic acids is 2. The monoisotopic (exact) mass is 475 g/mol. The molecule has 0 aliphatic heterocycles. The zero-order chi connectivity index (χ0) is 21.6. The van der Waals surface area contributed by atoms with E-state index in [9.17, 15) is 18.0 Å². The molecule has 0 aliphatic carbocycles. The molecule has 0 radical (unpaired) electrons. The van der Waals surface area contributed by atoms with E-state index in [0.29, 0.717) is 14.9 Å². The Morgan fingerprint density at radius 3 is 2.31 bits per heavy atom. The van der Waals surface area contributed by atoms with Gasteiger partial charge in [-0.25, -0.2) is 8.42 Å². The Morgan fingerprint density at radius 2 is 1.66 bits per heavy atom. The molecule has 2 aromatic carbocycles. The van der Waals surface area contributed by atoms with E-state index in [0.717, 1.165) is 21.6 Å². The fourth-order valence-corrected chi connectivity index (χ4v) is 4.54. The summed E-state index contributed by atoms with van der Waals surface area (Å²) in [7, 11) is -2.53. The van der Waals surface area contributed by atoms with Crippen molar-refractivity contribution in [2.45, 2.75) is 16.7 Å². The first kappa shape index (κ1) is 23.5. The molecule has 7 nitrogen and oxygen atoms in total. The third-order valence-electron chi connectivity index (χ3n) is 3.69. The van der Waals surface area contributed by atoms with Crippen LogP contribution in [0.15, 0.2) is 52.3 Å². The molecule has 0 atom stereocenters. The SMILES string of the molecule is Cc1ccc(S(=O)(=O)N(C)CC(=O)NNC(=O)CSc2cc(Cl)ccc2Cl)cc1. The second kappa shape index (κ2) is 10.3. The lowest BCUT2D eigenvalue weighted by Crippen LogP contribution is -2.47. The average Bonchev–Trinajstić information content (AvgIpc) is 2.67. The van der Waals surface area contributed by atoms with Gasteiger partial charge in [0.25, 0.3) is 5.91 Å². The standard InChI is InChI=1S/C18H19Cl2N3O4S2/c1-12-3-6-14(7-4-12)29(26,27)23(2)10-17(24)21-22-18(25)11-28-16-9-13(19)5-8-15(16)20/h3-9H,10-11H2,1-2H3,(H,21,24)(H,22,25). The average molecular weight is 476 g/mol. The zero-order valence-corrected chi connectivity index (χ0v) is 18.8. The van der Waals surface area contributed by atoms with Crippen molar-refractivity contribution in [3.05, 3.63) is 58.1 Å². The first-order chi connectivity index (χ1) is 13.6. The lowest BCUT2D eigenvalue weighted by atomic mass is 10.2. The van der Waals surface area contributed by atoms with Gasteiger partial charge >= 0.3 is 0 Å². The first-order valence-electron chi connectivity index (χ1n) is 8.28. The van der Waals surface area contributed by atoms with E-state index in [2.05, 4.69) is 10.9 Å². The molecule has 0 aromatic heterocycles. The molecule has 2 aromatic rings. The number of thioether (sulfide) groups is 1. The van der Waals surface area contributed by atoms with Crippen molar-refractivity contribution >= 4 is 56.8 Å². The number of hydrogen-bond donors (Lipinski definition) is 2. The van der Waals surface area contributed by atoms with Crippen LogP contribution >= 0.6 is 35.0 Å². The normalized spacial score (nSPS) is 11.3. The van der Waals surface area contributed by atoms with Crippen LogP contribution in [0.2, 0.25) is 10.0 Å². The third kappa shape index (κ3) is 6.90. The summed E-state index contributed by atoms with van der Waals surface area (Å²) in [6, 6.07) is 11.2. The number of nitrogens with zero attached hydrogens (tertiary/aromatic N) is 1. The number of halogens is 2. The van der Waals surface area contributed by atoms with E-state index in [1.54, 1.807) is 30.3 Å². The highest BCUT2D eigenvalue weighted by Gasteiger charge is 2.23. The summed E-state index contributed by atoms with van der Waals surface area (Å²) in [6.07, 6.45) is 0. The van der Waals surface area contributed by atoms with Crippen molar-refractivity contribution < 1.29 is 18.0 Å². The predicted molar refractivity (Wildman–Crippen MR) is 114 cm³/mol. The van der Waals surface area contributed by atoms with Crippen molar-refractivity contribution in [3.8, 4) is 0 Å². The number of sulfonamides is 1. The molecular formula is C18H19Cl2N3O4S2. The van der Waals surface area contributed by atoms with Crippen LogP contribution in [0.5, 0.6) is 0 Å². The van der Waals surface area contributed by atoms with Crippen LogP contribution in [-0.4, -0.2) is 43.9 Å². The number of aryl methyl sites for hydroxylation is 1. The second-order valence-corrected chi connectivity index (χ2v) is 9.94. The van der Waals surface area contributed by atoms with Gasteiger partial charge in [-0.1, -0.05) is 40.9 Å². The third-order valence-corrected chi connectivity index (χ3v) is 7.24. The maximum Gasteiger partial charge on any atom is 0.253 e. The minimum atomic E-state index is -3.82. The van der Waals surface area contributed by atoms with Gasteiger partial charge in [0.15, 0.2) is 0 Å². The molecule has 0 unspecified atom stereocenters. The van der Waals surface area contributed by atoms with Crippen molar-refractivity contribution in [1.82, 2.24) is 15.2 Å². The van der Waals surface area contributed by atoms with Crippen molar-refractivity contribution in [2.24, 2.45) is 0 Å². The summed E-state index contributed by atoms with van der Waals surface area (Å²) in [5.41, 5.74) is 5.35. The minimum Gasteiger partial charge on any atom is -0.272 e. The zero-order valence-electron chi connectivity index (χ0n) is 15.6. The van der Waals surface area contributed by atoms with Gasteiger partial charge in [0.05, 0.1) is 22.2 Å². The van der Waals surface area contributed by atoms with Gasteiger partial charge in [0.1, 0.15) is 0 Å². The number of nitrogens with one attached hydrogen (secondary N) is 2. The Bertz CT molecular complexity index is 999. The highest BCUT2D eigenvalue weighted by Crippen LogP contribution is 2.29. The topological polar surface area (TPSA) is 95.6 Å². The van der Waals surface area contributed by atoms with Crippen LogP contribution < -0.4 is 10.9 Å². The molecule has 2 amide bonds. The molecule has 11 heteroatoms. The van der Waals surface area contributed by atoms with Crippen LogP contribution in [0.25, 0.3) is 0 Å². The Hall–Kier alpha value is -1.78. The van der Waals surface area contributed by atoms with Gasteiger partial charge in [0.2, 0.25) is 15.9 Å². The summed E-state index contributed by atoms with van der Waals surface area (Å²) < 4.78 is 25.8. The van der Waals surface area contributed by atoms with Gasteiger partial charge in [-0.15, -0.1) is 11.8 Å². The molecule has 29 heavy (non-hydrogen) atoms. The number of benzene rings is 2. The molecule has 0 saturated heterocycles. The molecule has 0 spiro atoms. The first-order valence-corrected chi connectivity index (χ1v) is 11.5.